The molecule has 1 unspecified atom stereocenters. The van der Waals surface area contributed by atoms with Crippen molar-refractivity contribution in [2.24, 2.45) is 11.7 Å². The molecule has 0 heterocycles. The van der Waals surface area contributed by atoms with Gasteiger partial charge in [0, 0.05) is 11.6 Å². The monoisotopic (exact) mass is 227 g/mol. The molecule has 1 aliphatic rings. The summed E-state index contributed by atoms with van der Waals surface area (Å²) in [5.74, 6) is 0.0662. The van der Waals surface area contributed by atoms with Crippen LogP contribution in [0.4, 0.5) is 4.39 Å². The average molecular weight is 228 g/mol. The third kappa shape index (κ3) is 2.16. The summed E-state index contributed by atoms with van der Waals surface area (Å²) in [6.45, 7) is 0. The van der Waals surface area contributed by atoms with E-state index in [4.69, 9.17) is 17.3 Å². The molecule has 15 heavy (non-hydrogen) atoms. The van der Waals surface area contributed by atoms with Crippen molar-refractivity contribution in [2.75, 3.05) is 0 Å². The van der Waals surface area contributed by atoms with E-state index in [1.165, 1.54) is 12.8 Å². The van der Waals surface area contributed by atoms with Crippen LogP contribution in [0.25, 0.3) is 0 Å². The van der Waals surface area contributed by atoms with Crippen molar-refractivity contribution >= 4 is 11.6 Å². The Morgan fingerprint density at radius 2 is 2.00 bits per heavy atom. The van der Waals surface area contributed by atoms with Crippen LogP contribution in [0, 0.1) is 11.7 Å². The Morgan fingerprint density at radius 3 is 2.67 bits per heavy atom. The summed E-state index contributed by atoms with van der Waals surface area (Å²) in [7, 11) is 0. The van der Waals surface area contributed by atoms with Gasteiger partial charge in [0.05, 0.1) is 5.02 Å². The van der Waals surface area contributed by atoms with E-state index in [0.717, 1.165) is 12.8 Å². The molecule has 0 aliphatic heterocycles. The third-order valence-corrected chi connectivity index (χ3v) is 3.54. The normalized spacial score (nSPS) is 19.4. The van der Waals surface area contributed by atoms with Gasteiger partial charge >= 0.3 is 0 Å². The zero-order valence-electron chi connectivity index (χ0n) is 8.55. The zero-order chi connectivity index (χ0) is 10.8. The summed E-state index contributed by atoms with van der Waals surface area (Å²) in [6, 6.07) is 4.85. The summed E-state index contributed by atoms with van der Waals surface area (Å²) in [5.41, 5.74) is 6.64. The second kappa shape index (κ2) is 4.50. The second-order valence-electron chi connectivity index (χ2n) is 4.21. The lowest BCUT2D eigenvalue weighted by Gasteiger charge is -2.19. The lowest BCUT2D eigenvalue weighted by Crippen LogP contribution is -2.20. The number of benzene rings is 1. The molecule has 1 aromatic carbocycles. The van der Waals surface area contributed by atoms with Gasteiger partial charge in [0.15, 0.2) is 0 Å². The summed E-state index contributed by atoms with van der Waals surface area (Å²) in [4.78, 5) is 0. The highest BCUT2D eigenvalue weighted by Gasteiger charge is 2.25. The molecule has 0 amide bonds. The largest absolute Gasteiger partial charge is 0.324 e. The molecule has 2 rings (SSSR count). The van der Waals surface area contributed by atoms with Gasteiger partial charge in [-0.25, -0.2) is 4.39 Å². The minimum atomic E-state index is -0.349. The van der Waals surface area contributed by atoms with Gasteiger partial charge in [-0.1, -0.05) is 36.6 Å². The average Bonchev–Trinajstić information content (AvgIpc) is 2.74. The molecule has 0 bridgehead atoms. The van der Waals surface area contributed by atoms with Crippen molar-refractivity contribution in [1.82, 2.24) is 0 Å². The summed E-state index contributed by atoms with van der Waals surface area (Å²) < 4.78 is 13.7. The number of hydrogen-bond acceptors (Lipinski definition) is 1. The van der Waals surface area contributed by atoms with E-state index in [1.807, 2.05) is 0 Å². The SMILES string of the molecule is NC(c1cccc(Cl)c1F)C1CCCC1. The highest BCUT2D eigenvalue weighted by atomic mass is 35.5. The molecule has 1 aromatic rings. The van der Waals surface area contributed by atoms with Crippen LogP contribution in [0.3, 0.4) is 0 Å². The van der Waals surface area contributed by atoms with Crippen LogP contribution in [-0.2, 0) is 0 Å². The van der Waals surface area contributed by atoms with E-state index in [2.05, 4.69) is 0 Å². The van der Waals surface area contributed by atoms with Crippen molar-refractivity contribution < 1.29 is 4.39 Å². The molecule has 82 valence electrons. The molecule has 3 heteroatoms. The summed E-state index contributed by atoms with van der Waals surface area (Å²) in [5, 5.41) is 0.168. The number of hydrogen-bond donors (Lipinski definition) is 1. The van der Waals surface area contributed by atoms with E-state index in [-0.39, 0.29) is 16.9 Å². The molecule has 0 saturated heterocycles. The molecule has 0 aromatic heterocycles. The Bertz CT molecular complexity index is 347. The van der Waals surface area contributed by atoms with E-state index in [1.54, 1.807) is 18.2 Å². The molecule has 1 aliphatic carbocycles. The van der Waals surface area contributed by atoms with Gasteiger partial charge in [0.2, 0.25) is 0 Å². The Labute approximate surface area is 94.4 Å². The Kier molecular flexibility index (Phi) is 3.27. The Balaban J connectivity index is 2.24. The van der Waals surface area contributed by atoms with Crippen LogP contribution in [0.5, 0.6) is 0 Å². The lowest BCUT2D eigenvalue weighted by molar-refractivity contribution is 0.429. The van der Waals surface area contributed by atoms with Crippen LogP contribution < -0.4 is 5.73 Å². The van der Waals surface area contributed by atoms with Gasteiger partial charge in [-0.2, -0.15) is 0 Å². The van der Waals surface area contributed by atoms with E-state index >= 15 is 0 Å². The molecular formula is C12H15ClFN. The maximum atomic E-state index is 13.7. The Hall–Kier alpha value is -0.600. The fourth-order valence-corrected chi connectivity index (χ4v) is 2.53. The van der Waals surface area contributed by atoms with E-state index in [0.29, 0.717) is 11.5 Å². The standard InChI is InChI=1S/C12H15ClFN/c13-10-7-3-6-9(11(10)14)12(15)8-4-1-2-5-8/h3,6-8,12H,1-2,4-5,15H2. The van der Waals surface area contributed by atoms with Gasteiger partial charge < -0.3 is 5.73 Å². The number of halogens is 2. The summed E-state index contributed by atoms with van der Waals surface area (Å²) >= 11 is 5.73. The van der Waals surface area contributed by atoms with Crippen LogP contribution in [0.1, 0.15) is 37.3 Å². The first kappa shape index (κ1) is 10.9. The Morgan fingerprint density at radius 1 is 1.33 bits per heavy atom. The lowest BCUT2D eigenvalue weighted by atomic mass is 9.92. The smallest absolute Gasteiger partial charge is 0.146 e. The predicted octanol–water partition coefficient (Wildman–Crippen LogP) is 3.67. The van der Waals surface area contributed by atoms with Crippen LogP contribution in [-0.4, -0.2) is 0 Å². The highest BCUT2D eigenvalue weighted by molar-refractivity contribution is 6.30. The first-order valence-corrected chi connectivity index (χ1v) is 5.77. The molecule has 0 spiro atoms. The molecule has 1 nitrogen and oxygen atoms in total. The molecule has 0 radical (unpaired) electrons. The molecule has 1 atom stereocenters. The first-order valence-electron chi connectivity index (χ1n) is 5.39. The van der Waals surface area contributed by atoms with Gasteiger partial charge in [-0.3, -0.25) is 0 Å². The fourth-order valence-electron chi connectivity index (χ4n) is 2.35. The molecular weight excluding hydrogens is 213 g/mol. The minimum absolute atomic E-state index is 0.168. The van der Waals surface area contributed by atoms with Crippen molar-refractivity contribution in [1.29, 1.82) is 0 Å². The highest BCUT2D eigenvalue weighted by Crippen LogP contribution is 2.35. The predicted molar refractivity (Wildman–Crippen MR) is 60.3 cm³/mol. The number of rotatable bonds is 2. The van der Waals surface area contributed by atoms with Crippen molar-refractivity contribution in [2.45, 2.75) is 31.7 Å². The molecule has 2 N–H and O–H groups in total. The maximum absolute atomic E-state index is 13.7. The fraction of sp³-hybridized carbons (Fsp3) is 0.500. The van der Waals surface area contributed by atoms with E-state index in [9.17, 15) is 4.39 Å². The summed E-state index contributed by atoms with van der Waals surface area (Å²) in [6.07, 6.45) is 4.63. The van der Waals surface area contributed by atoms with Crippen LogP contribution >= 0.6 is 11.6 Å². The van der Waals surface area contributed by atoms with E-state index < -0.39 is 0 Å². The third-order valence-electron chi connectivity index (χ3n) is 3.25. The van der Waals surface area contributed by atoms with Gasteiger partial charge in [0.25, 0.3) is 0 Å². The van der Waals surface area contributed by atoms with Crippen molar-refractivity contribution in [3.8, 4) is 0 Å². The van der Waals surface area contributed by atoms with Crippen LogP contribution in [0.15, 0.2) is 18.2 Å². The quantitative estimate of drug-likeness (QED) is 0.820. The molecule has 1 fully saturated rings. The first-order chi connectivity index (χ1) is 7.20. The number of nitrogens with two attached hydrogens (primary N) is 1. The van der Waals surface area contributed by atoms with Crippen LogP contribution in [0.2, 0.25) is 5.02 Å². The van der Waals surface area contributed by atoms with Gasteiger partial charge in [-0.05, 0) is 24.8 Å². The molecule has 1 saturated carbocycles. The van der Waals surface area contributed by atoms with Gasteiger partial charge in [0.1, 0.15) is 5.82 Å². The minimum Gasteiger partial charge on any atom is -0.324 e. The second-order valence-corrected chi connectivity index (χ2v) is 4.62. The topological polar surface area (TPSA) is 26.0 Å². The zero-order valence-corrected chi connectivity index (χ0v) is 9.30. The van der Waals surface area contributed by atoms with Crippen molar-refractivity contribution in [3.63, 3.8) is 0 Å². The van der Waals surface area contributed by atoms with Crippen molar-refractivity contribution in [3.05, 3.63) is 34.6 Å². The maximum Gasteiger partial charge on any atom is 0.146 e. The van der Waals surface area contributed by atoms with Gasteiger partial charge in [-0.15, -0.1) is 0 Å².